The average molecular weight is 354 g/mol. The van der Waals surface area contributed by atoms with Crippen molar-refractivity contribution in [3.8, 4) is 11.6 Å². The highest BCUT2D eigenvalue weighted by atomic mass is 16.5. The van der Waals surface area contributed by atoms with Crippen LogP contribution in [0.15, 0.2) is 23.8 Å². The van der Waals surface area contributed by atoms with Crippen LogP contribution in [0.4, 0.5) is 0 Å². The number of hydrogen-bond acceptors (Lipinski definition) is 4. The van der Waals surface area contributed by atoms with E-state index in [1.54, 1.807) is 0 Å². The van der Waals surface area contributed by atoms with Gasteiger partial charge in [0.1, 0.15) is 11.4 Å². The zero-order valence-corrected chi connectivity index (χ0v) is 16.5. The Bertz CT molecular complexity index is 794. The van der Waals surface area contributed by atoms with E-state index in [9.17, 15) is 5.11 Å². The van der Waals surface area contributed by atoms with E-state index in [0.29, 0.717) is 17.5 Å². The minimum Gasteiger partial charge on any atom is -0.507 e. The predicted molar refractivity (Wildman–Crippen MR) is 104 cm³/mol. The summed E-state index contributed by atoms with van der Waals surface area (Å²) in [6, 6.07) is 0.0919. The van der Waals surface area contributed by atoms with E-state index in [-0.39, 0.29) is 17.6 Å². The third kappa shape index (κ3) is 2.58. The zero-order chi connectivity index (χ0) is 18.6. The Kier molecular flexibility index (Phi) is 4.14. The molecule has 3 atom stereocenters. The van der Waals surface area contributed by atoms with E-state index < -0.39 is 0 Å². The summed E-state index contributed by atoms with van der Waals surface area (Å²) in [4.78, 5) is 7.20. The van der Waals surface area contributed by atoms with Crippen LogP contribution in [0.25, 0.3) is 0 Å². The molecule has 0 fully saturated rings. The Morgan fingerprint density at radius 2 is 2.12 bits per heavy atom. The number of aryl methyl sites for hydroxylation is 1. The molecule has 4 nitrogen and oxygen atoms in total. The zero-order valence-electron chi connectivity index (χ0n) is 16.5. The number of rotatable bonds is 3. The molecule has 0 radical (unpaired) electrons. The summed E-state index contributed by atoms with van der Waals surface area (Å²) in [5.41, 5.74) is 3.94. The van der Waals surface area contributed by atoms with Crippen molar-refractivity contribution < 1.29 is 9.84 Å². The second-order valence-corrected chi connectivity index (χ2v) is 8.66. The minimum absolute atomic E-state index is 0.0919. The summed E-state index contributed by atoms with van der Waals surface area (Å²) in [6.45, 7) is 9.54. The molecular weight excluding hydrogens is 324 g/mol. The van der Waals surface area contributed by atoms with Crippen LogP contribution in [0.3, 0.4) is 0 Å². The lowest BCUT2D eigenvalue weighted by molar-refractivity contribution is 0.0170. The Balaban J connectivity index is 1.92. The molecule has 1 aliphatic carbocycles. The van der Waals surface area contributed by atoms with Crippen LogP contribution in [-0.2, 0) is 6.42 Å². The predicted octanol–water partition coefficient (Wildman–Crippen LogP) is 4.50. The van der Waals surface area contributed by atoms with Crippen LogP contribution >= 0.6 is 0 Å². The van der Waals surface area contributed by atoms with Crippen molar-refractivity contribution in [3.63, 3.8) is 0 Å². The molecule has 0 amide bonds. The third-order valence-corrected chi connectivity index (χ3v) is 6.28. The van der Waals surface area contributed by atoms with Gasteiger partial charge in [-0.05, 0) is 40.7 Å². The van der Waals surface area contributed by atoms with E-state index in [1.165, 1.54) is 5.57 Å². The van der Waals surface area contributed by atoms with Crippen molar-refractivity contribution in [1.82, 2.24) is 9.88 Å². The molecule has 4 heteroatoms. The number of aromatic nitrogens is 1. The lowest BCUT2D eigenvalue weighted by Crippen LogP contribution is -2.43. The molecule has 26 heavy (non-hydrogen) atoms. The maximum Gasteiger partial charge on any atom is 0.221 e. The molecule has 0 spiro atoms. The summed E-state index contributed by atoms with van der Waals surface area (Å²) >= 11 is 0. The standard InChI is InChI=1S/C22H30N2O2/c1-6-8-16-19(17-9-7-10-24(17)5)20(25)18-14-11-13(2)12-15(14)22(3,4)26-21(18)23-16/h7,9,11,14-15,17H,6,8,10,12H2,1-5H3,(H,23,25)/t14?,15?,17-/m0/s1. The van der Waals surface area contributed by atoms with Gasteiger partial charge >= 0.3 is 0 Å². The Hall–Kier alpha value is -1.81. The first-order chi connectivity index (χ1) is 12.3. The second kappa shape index (κ2) is 6.12. The summed E-state index contributed by atoms with van der Waals surface area (Å²) in [6.07, 6.45) is 9.52. The van der Waals surface area contributed by atoms with Crippen molar-refractivity contribution >= 4 is 0 Å². The lowest BCUT2D eigenvalue weighted by atomic mass is 9.75. The van der Waals surface area contributed by atoms with E-state index in [0.717, 1.165) is 42.6 Å². The summed E-state index contributed by atoms with van der Waals surface area (Å²) in [7, 11) is 2.10. The third-order valence-electron chi connectivity index (χ3n) is 6.28. The smallest absolute Gasteiger partial charge is 0.221 e. The molecule has 2 aliphatic heterocycles. The van der Waals surface area contributed by atoms with Gasteiger partial charge in [0, 0.05) is 23.9 Å². The number of hydrogen-bond donors (Lipinski definition) is 1. The van der Waals surface area contributed by atoms with Gasteiger partial charge in [-0.25, -0.2) is 4.98 Å². The number of fused-ring (bicyclic) bond motifs is 3. The van der Waals surface area contributed by atoms with Crippen molar-refractivity contribution in [2.75, 3.05) is 13.6 Å². The van der Waals surface area contributed by atoms with E-state index in [2.05, 4.69) is 57.9 Å². The fourth-order valence-corrected chi connectivity index (χ4v) is 4.93. The fraction of sp³-hybridized carbons (Fsp3) is 0.591. The highest BCUT2D eigenvalue weighted by Crippen LogP contribution is 2.55. The topological polar surface area (TPSA) is 45.6 Å². The summed E-state index contributed by atoms with van der Waals surface area (Å²) < 4.78 is 6.36. The van der Waals surface area contributed by atoms with Gasteiger partial charge in [-0.15, -0.1) is 0 Å². The first-order valence-electron chi connectivity index (χ1n) is 9.82. The number of ether oxygens (including phenoxy) is 1. The van der Waals surface area contributed by atoms with Crippen LogP contribution in [0.1, 0.15) is 69.3 Å². The number of aromatic hydroxyl groups is 1. The van der Waals surface area contributed by atoms with Crippen LogP contribution in [-0.4, -0.2) is 34.2 Å². The van der Waals surface area contributed by atoms with Crippen molar-refractivity contribution in [2.24, 2.45) is 5.92 Å². The molecule has 3 aliphatic rings. The molecule has 0 bridgehead atoms. The van der Waals surface area contributed by atoms with Crippen LogP contribution in [0, 0.1) is 5.92 Å². The first-order valence-corrected chi connectivity index (χ1v) is 9.82. The van der Waals surface area contributed by atoms with E-state index in [1.807, 2.05) is 0 Å². The summed E-state index contributed by atoms with van der Waals surface area (Å²) in [5, 5.41) is 11.4. The molecule has 140 valence electrons. The van der Waals surface area contributed by atoms with Gasteiger partial charge in [0.15, 0.2) is 0 Å². The van der Waals surface area contributed by atoms with Crippen LogP contribution in [0.2, 0.25) is 0 Å². The maximum absolute atomic E-state index is 11.4. The molecule has 3 heterocycles. The van der Waals surface area contributed by atoms with Crippen LogP contribution < -0.4 is 4.74 Å². The fourth-order valence-electron chi connectivity index (χ4n) is 4.93. The van der Waals surface area contributed by atoms with Gasteiger partial charge in [0.2, 0.25) is 5.88 Å². The van der Waals surface area contributed by atoms with E-state index >= 15 is 0 Å². The van der Waals surface area contributed by atoms with Gasteiger partial charge in [-0.3, -0.25) is 4.90 Å². The minimum atomic E-state index is -0.277. The number of likely N-dealkylation sites (N-methyl/N-ethyl adjacent to an activating group) is 1. The van der Waals surface area contributed by atoms with Gasteiger partial charge < -0.3 is 9.84 Å². The van der Waals surface area contributed by atoms with Gasteiger partial charge in [-0.1, -0.05) is 37.1 Å². The molecule has 0 saturated heterocycles. The molecule has 2 unspecified atom stereocenters. The van der Waals surface area contributed by atoms with E-state index in [4.69, 9.17) is 9.72 Å². The number of nitrogens with zero attached hydrogens (tertiary/aromatic N) is 2. The molecular formula is C22H30N2O2. The molecule has 1 aromatic heterocycles. The Morgan fingerprint density at radius 1 is 1.35 bits per heavy atom. The SMILES string of the molecule is CCCc1nc2c(c(O)c1[C@@H]1C=CCN1C)C1C=C(C)CC1C(C)(C)O2. The molecule has 1 N–H and O–H groups in total. The van der Waals surface area contributed by atoms with Crippen molar-refractivity contribution in [2.45, 2.75) is 64.5 Å². The lowest BCUT2D eigenvalue weighted by Gasteiger charge is -2.42. The number of allylic oxidation sites excluding steroid dienone is 2. The molecule has 0 saturated carbocycles. The van der Waals surface area contributed by atoms with Crippen molar-refractivity contribution in [1.29, 1.82) is 0 Å². The maximum atomic E-state index is 11.4. The van der Waals surface area contributed by atoms with Gasteiger partial charge in [0.05, 0.1) is 17.3 Å². The van der Waals surface area contributed by atoms with Gasteiger partial charge in [0.25, 0.3) is 0 Å². The Labute approximate surface area is 156 Å². The first kappa shape index (κ1) is 17.6. The monoisotopic (exact) mass is 354 g/mol. The highest BCUT2D eigenvalue weighted by Gasteiger charge is 2.48. The quantitative estimate of drug-likeness (QED) is 0.812. The number of pyridine rings is 1. The normalized spacial score (nSPS) is 29.3. The highest BCUT2D eigenvalue weighted by molar-refractivity contribution is 5.56. The summed E-state index contributed by atoms with van der Waals surface area (Å²) in [5.74, 6) is 1.57. The molecule has 0 aromatic carbocycles. The second-order valence-electron chi connectivity index (χ2n) is 8.66. The Morgan fingerprint density at radius 3 is 2.77 bits per heavy atom. The molecule has 1 aromatic rings. The van der Waals surface area contributed by atoms with Crippen molar-refractivity contribution in [3.05, 3.63) is 40.6 Å². The molecule has 4 rings (SSSR count). The van der Waals surface area contributed by atoms with Gasteiger partial charge in [-0.2, -0.15) is 0 Å². The average Bonchev–Trinajstić information content (AvgIpc) is 3.14. The van der Waals surface area contributed by atoms with Crippen LogP contribution in [0.5, 0.6) is 11.6 Å². The largest absolute Gasteiger partial charge is 0.507 e.